The van der Waals surface area contributed by atoms with Gasteiger partial charge in [-0.2, -0.15) is 8.42 Å². The maximum absolute atomic E-state index is 13.0. The van der Waals surface area contributed by atoms with Crippen molar-refractivity contribution in [2.75, 3.05) is 20.3 Å². The molecule has 1 aliphatic rings. The molecule has 0 saturated carbocycles. The van der Waals surface area contributed by atoms with Crippen LogP contribution in [0.25, 0.3) is 6.08 Å². The molecule has 0 bridgehead atoms. The number of hydrogen-bond donors (Lipinski definition) is 0. The van der Waals surface area contributed by atoms with Crippen LogP contribution in [0, 0.1) is 6.92 Å². The lowest BCUT2D eigenvalue weighted by Gasteiger charge is -2.12. The van der Waals surface area contributed by atoms with Crippen LogP contribution in [0.4, 0.5) is 0 Å². The van der Waals surface area contributed by atoms with E-state index in [1.165, 1.54) is 17.0 Å². The van der Waals surface area contributed by atoms with E-state index in [4.69, 9.17) is 9.47 Å². The fraction of sp³-hybridized carbons (Fsp3) is 0.360. The molecule has 1 fully saturated rings. The highest BCUT2D eigenvalue weighted by molar-refractivity contribution is 8.19. The highest BCUT2D eigenvalue weighted by atomic mass is 32.2. The molecule has 1 saturated heterocycles. The smallest absolute Gasteiger partial charge is 0.284 e. The van der Waals surface area contributed by atoms with E-state index in [2.05, 4.69) is 11.3 Å². The molecule has 9 heteroatoms. The van der Waals surface area contributed by atoms with Gasteiger partial charge in [-0.3, -0.25) is 9.69 Å². The number of sulfonamides is 1. The van der Waals surface area contributed by atoms with Crippen molar-refractivity contribution in [3.05, 3.63) is 58.5 Å². The molecule has 3 rings (SSSR count). The molecule has 0 aromatic heterocycles. The number of ether oxygens (including phenoxy) is 2. The third kappa shape index (κ3) is 6.21. The highest BCUT2D eigenvalue weighted by Gasteiger charge is 2.34. The zero-order valence-corrected chi connectivity index (χ0v) is 21.5. The Kier molecular flexibility index (Phi) is 8.79. The van der Waals surface area contributed by atoms with Gasteiger partial charge in [-0.05, 0) is 67.9 Å². The molecule has 0 radical (unpaired) electrons. The van der Waals surface area contributed by atoms with Crippen LogP contribution in [-0.2, 0) is 14.8 Å². The van der Waals surface area contributed by atoms with Crippen LogP contribution in [0.15, 0.2) is 56.7 Å². The molecule has 7 nitrogen and oxygen atoms in total. The van der Waals surface area contributed by atoms with Gasteiger partial charge in [-0.15, -0.1) is 4.40 Å². The van der Waals surface area contributed by atoms with E-state index >= 15 is 0 Å². The number of thioether (sulfide) groups is 1. The molecule has 34 heavy (non-hydrogen) atoms. The van der Waals surface area contributed by atoms with Crippen molar-refractivity contribution in [3.63, 3.8) is 0 Å². The first-order valence-electron chi connectivity index (χ1n) is 11.2. The first-order valence-corrected chi connectivity index (χ1v) is 13.5. The summed E-state index contributed by atoms with van der Waals surface area (Å²) in [7, 11) is -2.36. The van der Waals surface area contributed by atoms with Crippen molar-refractivity contribution >= 4 is 38.9 Å². The number of benzene rings is 2. The van der Waals surface area contributed by atoms with E-state index in [1.54, 1.807) is 38.3 Å². The lowest BCUT2D eigenvalue weighted by Crippen LogP contribution is -2.29. The number of nitrogens with zero attached hydrogens (tertiary/aromatic N) is 2. The zero-order chi connectivity index (χ0) is 24.7. The summed E-state index contributed by atoms with van der Waals surface area (Å²) in [5.74, 6) is 0.934. The van der Waals surface area contributed by atoms with Gasteiger partial charge in [0, 0.05) is 6.54 Å². The number of rotatable bonds is 10. The summed E-state index contributed by atoms with van der Waals surface area (Å²) in [6, 6.07) is 11.9. The molecule has 0 spiro atoms. The van der Waals surface area contributed by atoms with Gasteiger partial charge in [-0.1, -0.05) is 43.5 Å². The molecule has 1 aliphatic heterocycles. The van der Waals surface area contributed by atoms with E-state index in [-0.39, 0.29) is 16.0 Å². The van der Waals surface area contributed by atoms with Gasteiger partial charge in [0.1, 0.15) is 0 Å². The van der Waals surface area contributed by atoms with Crippen molar-refractivity contribution in [1.29, 1.82) is 0 Å². The Morgan fingerprint density at radius 3 is 2.44 bits per heavy atom. The van der Waals surface area contributed by atoms with Crippen LogP contribution in [0.5, 0.6) is 11.5 Å². The largest absolute Gasteiger partial charge is 0.493 e. The number of carbonyl (C=O) groups excluding carboxylic acids is 1. The average molecular weight is 503 g/mol. The maximum Gasteiger partial charge on any atom is 0.284 e. The number of amidine groups is 1. The minimum absolute atomic E-state index is 0.0900. The van der Waals surface area contributed by atoms with Crippen molar-refractivity contribution in [2.45, 2.75) is 44.9 Å². The molecule has 0 N–H and O–H groups in total. The molecule has 0 unspecified atom stereocenters. The molecule has 0 atom stereocenters. The standard InChI is InChI=1S/C25H30N2O5S2/c1-5-7-8-15-32-22-16-19(11-14-21(22)31-4)17-23-24(28)27(6-2)25(33-23)26-34(29,30)20-12-9-18(3)10-13-20/h9-14,16-17H,5-8,15H2,1-4H3/b23-17-,26-25+. The van der Waals surface area contributed by atoms with Crippen LogP contribution < -0.4 is 9.47 Å². The van der Waals surface area contributed by atoms with Crippen LogP contribution in [0.3, 0.4) is 0 Å². The summed E-state index contributed by atoms with van der Waals surface area (Å²) in [5, 5.41) is 0.142. The summed E-state index contributed by atoms with van der Waals surface area (Å²) >= 11 is 1.05. The summed E-state index contributed by atoms with van der Waals surface area (Å²) < 4.78 is 40.9. The molecule has 182 valence electrons. The van der Waals surface area contributed by atoms with Gasteiger partial charge in [0.05, 0.1) is 23.5 Å². The summed E-state index contributed by atoms with van der Waals surface area (Å²) in [4.78, 5) is 14.8. The van der Waals surface area contributed by atoms with Crippen molar-refractivity contribution in [2.24, 2.45) is 4.40 Å². The number of hydrogen-bond acceptors (Lipinski definition) is 6. The summed E-state index contributed by atoms with van der Waals surface area (Å²) in [6.07, 6.45) is 4.84. The molecular formula is C25H30N2O5S2. The Balaban J connectivity index is 1.88. The number of unbranched alkanes of at least 4 members (excludes halogenated alkanes) is 2. The molecule has 1 amide bonds. The van der Waals surface area contributed by atoms with Gasteiger partial charge in [0.15, 0.2) is 16.7 Å². The molecular weight excluding hydrogens is 472 g/mol. The van der Waals surface area contributed by atoms with Gasteiger partial charge in [0.2, 0.25) is 0 Å². The van der Waals surface area contributed by atoms with Gasteiger partial charge < -0.3 is 9.47 Å². The number of likely N-dealkylation sites (N-methyl/N-ethyl adjacent to an activating group) is 1. The Hall–Kier alpha value is -2.78. The number of methoxy groups -OCH3 is 1. The third-order valence-corrected chi connectivity index (χ3v) is 7.62. The lowest BCUT2D eigenvalue weighted by atomic mass is 10.2. The highest BCUT2D eigenvalue weighted by Crippen LogP contribution is 2.35. The van der Waals surface area contributed by atoms with E-state index < -0.39 is 10.0 Å². The fourth-order valence-electron chi connectivity index (χ4n) is 3.30. The Morgan fingerprint density at radius 1 is 1.06 bits per heavy atom. The average Bonchev–Trinajstić information content (AvgIpc) is 3.10. The van der Waals surface area contributed by atoms with Crippen molar-refractivity contribution in [1.82, 2.24) is 4.90 Å². The van der Waals surface area contributed by atoms with E-state index in [1.807, 2.05) is 19.1 Å². The predicted molar refractivity (Wildman–Crippen MR) is 137 cm³/mol. The van der Waals surface area contributed by atoms with E-state index in [0.717, 1.165) is 42.2 Å². The minimum Gasteiger partial charge on any atom is -0.493 e. The second-order valence-electron chi connectivity index (χ2n) is 7.79. The first-order chi connectivity index (χ1) is 16.3. The van der Waals surface area contributed by atoms with Crippen molar-refractivity contribution < 1.29 is 22.7 Å². The van der Waals surface area contributed by atoms with Crippen LogP contribution in [0.1, 0.15) is 44.2 Å². The van der Waals surface area contributed by atoms with E-state index in [9.17, 15) is 13.2 Å². The topological polar surface area (TPSA) is 85.3 Å². The Bertz CT molecular complexity index is 1190. The van der Waals surface area contributed by atoms with Crippen molar-refractivity contribution in [3.8, 4) is 11.5 Å². The van der Waals surface area contributed by atoms with Gasteiger partial charge in [-0.25, -0.2) is 0 Å². The summed E-state index contributed by atoms with van der Waals surface area (Å²) in [6.45, 7) is 6.68. The fourth-order valence-corrected chi connectivity index (χ4v) is 5.55. The number of amides is 1. The zero-order valence-electron chi connectivity index (χ0n) is 19.9. The van der Waals surface area contributed by atoms with Gasteiger partial charge in [0.25, 0.3) is 15.9 Å². The number of carbonyl (C=O) groups is 1. The predicted octanol–water partition coefficient (Wildman–Crippen LogP) is 5.25. The van der Waals surface area contributed by atoms with Crippen LogP contribution >= 0.6 is 11.8 Å². The first kappa shape index (κ1) is 25.8. The quantitative estimate of drug-likeness (QED) is 0.326. The SMILES string of the molecule is CCCCCOc1cc(/C=C2\S/C(=N/S(=O)(=O)c3ccc(C)cc3)N(CC)C2=O)ccc1OC. The summed E-state index contributed by atoms with van der Waals surface area (Å²) in [5.41, 5.74) is 1.70. The molecule has 2 aromatic carbocycles. The Morgan fingerprint density at radius 2 is 1.79 bits per heavy atom. The monoisotopic (exact) mass is 502 g/mol. The maximum atomic E-state index is 13.0. The normalized spacial score (nSPS) is 16.5. The lowest BCUT2D eigenvalue weighted by molar-refractivity contribution is -0.122. The van der Waals surface area contributed by atoms with Crippen LogP contribution in [-0.4, -0.2) is 44.7 Å². The Labute approximate surface area is 205 Å². The van der Waals surface area contributed by atoms with E-state index in [0.29, 0.717) is 29.6 Å². The second-order valence-corrected chi connectivity index (χ2v) is 10.4. The third-order valence-electron chi connectivity index (χ3n) is 5.21. The molecule has 2 aromatic rings. The minimum atomic E-state index is -3.94. The van der Waals surface area contributed by atoms with Gasteiger partial charge >= 0.3 is 0 Å². The number of aryl methyl sites for hydroxylation is 1. The second kappa shape index (κ2) is 11.6. The molecule has 0 aliphatic carbocycles. The van der Waals surface area contributed by atoms with Crippen LogP contribution in [0.2, 0.25) is 0 Å². The molecule has 1 heterocycles.